The van der Waals surface area contributed by atoms with Gasteiger partial charge in [-0.1, -0.05) is 19.9 Å². The Hall–Kier alpha value is -1.75. The molecule has 1 aromatic carbocycles. The lowest BCUT2D eigenvalue weighted by atomic mass is 10.00. The number of carbonyl (C=O) groups excluding carboxylic acids is 1. The monoisotopic (exact) mass is 360 g/mol. The Labute approximate surface area is 157 Å². The van der Waals surface area contributed by atoms with E-state index in [0.29, 0.717) is 25.0 Å². The molecule has 3 rings (SSSR count). The van der Waals surface area contributed by atoms with Gasteiger partial charge in [0.15, 0.2) is 0 Å². The second-order valence-electron chi connectivity index (χ2n) is 8.89. The molecule has 1 aromatic rings. The van der Waals surface area contributed by atoms with Crippen LogP contribution in [-0.2, 0) is 17.7 Å². The van der Waals surface area contributed by atoms with Crippen molar-refractivity contribution in [2.75, 3.05) is 26.2 Å². The number of rotatable bonds is 5. The average molecular weight is 360 g/mol. The molecule has 0 spiro atoms. The van der Waals surface area contributed by atoms with Crippen molar-refractivity contribution in [1.29, 1.82) is 0 Å². The van der Waals surface area contributed by atoms with Crippen molar-refractivity contribution in [1.82, 2.24) is 9.80 Å². The second-order valence-corrected chi connectivity index (χ2v) is 8.89. The quantitative estimate of drug-likeness (QED) is 0.751. The largest absolute Gasteiger partial charge is 0.492 e. The van der Waals surface area contributed by atoms with Gasteiger partial charge in [0.2, 0.25) is 0 Å². The summed E-state index contributed by atoms with van der Waals surface area (Å²) in [5.74, 6) is 1.64. The van der Waals surface area contributed by atoms with Crippen molar-refractivity contribution in [2.45, 2.75) is 59.2 Å². The van der Waals surface area contributed by atoms with Crippen molar-refractivity contribution in [2.24, 2.45) is 5.92 Å². The fourth-order valence-corrected chi connectivity index (χ4v) is 3.37. The number of amides is 1. The number of carbonyl (C=O) groups is 1. The highest BCUT2D eigenvalue weighted by molar-refractivity contribution is 5.68. The van der Waals surface area contributed by atoms with Crippen LogP contribution in [0.2, 0.25) is 0 Å². The normalized spacial score (nSPS) is 22.2. The topological polar surface area (TPSA) is 41.8 Å². The van der Waals surface area contributed by atoms with Gasteiger partial charge in [-0.05, 0) is 56.4 Å². The number of nitrogens with zero attached hydrogens (tertiary/aromatic N) is 2. The maximum Gasteiger partial charge on any atom is 0.410 e. The molecule has 1 saturated heterocycles. The van der Waals surface area contributed by atoms with Crippen molar-refractivity contribution in [3.8, 4) is 5.75 Å². The molecule has 0 N–H and O–H groups in total. The third kappa shape index (κ3) is 5.13. The predicted octanol–water partition coefficient (Wildman–Crippen LogP) is 3.70. The molecule has 1 amide bonds. The third-order valence-corrected chi connectivity index (χ3v) is 4.71. The first kappa shape index (κ1) is 19.0. The Morgan fingerprint density at radius 3 is 2.73 bits per heavy atom. The Kier molecular flexibility index (Phi) is 5.47. The smallest absolute Gasteiger partial charge is 0.410 e. The zero-order valence-electron chi connectivity index (χ0n) is 16.7. The maximum atomic E-state index is 12.3. The standard InChI is InChI=1S/C21H32N2O3/c1-15(2)11-23-13-18(23)14-25-19-7-6-17-12-22(9-8-16(17)10-19)20(24)26-21(3,4)5/h6-7,10,15,18H,8-9,11-14H2,1-5H3. The lowest BCUT2D eigenvalue weighted by Gasteiger charge is -2.31. The lowest BCUT2D eigenvalue weighted by Crippen LogP contribution is -2.39. The number of fused-ring (bicyclic) bond motifs is 1. The minimum Gasteiger partial charge on any atom is -0.492 e. The average Bonchev–Trinajstić information content (AvgIpc) is 3.27. The molecule has 0 bridgehead atoms. The molecule has 26 heavy (non-hydrogen) atoms. The van der Waals surface area contributed by atoms with Crippen LogP contribution in [0.5, 0.6) is 5.75 Å². The number of ether oxygens (including phenoxy) is 2. The molecule has 2 aliphatic heterocycles. The van der Waals surface area contributed by atoms with Crippen LogP contribution in [-0.4, -0.2) is 53.8 Å². The van der Waals surface area contributed by atoms with Gasteiger partial charge in [0.1, 0.15) is 18.0 Å². The number of benzene rings is 1. The predicted molar refractivity (Wildman–Crippen MR) is 102 cm³/mol. The van der Waals surface area contributed by atoms with Gasteiger partial charge >= 0.3 is 6.09 Å². The van der Waals surface area contributed by atoms with E-state index < -0.39 is 5.60 Å². The van der Waals surface area contributed by atoms with Crippen LogP contribution >= 0.6 is 0 Å². The van der Waals surface area contributed by atoms with Crippen LogP contribution < -0.4 is 4.74 Å². The fraction of sp³-hybridized carbons (Fsp3) is 0.667. The van der Waals surface area contributed by atoms with Crippen molar-refractivity contribution in [3.63, 3.8) is 0 Å². The molecule has 0 aliphatic carbocycles. The molecule has 0 saturated carbocycles. The molecule has 2 atom stereocenters. The summed E-state index contributed by atoms with van der Waals surface area (Å²) in [6, 6.07) is 6.81. The van der Waals surface area contributed by atoms with Gasteiger partial charge in [0.25, 0.3) is 0 Å². The summed E-state index contributed by atoms with van der Waals surface area (Å²) in [5, 5.41) is 0. The Bertz CT molecular complexity index is 651. The van der Waals surface area contributed by atoms with Gasteiger partial charge in [0.05, 0.1) is 6.04 Å². The highest BCUT2D eigenvalue weighted by Crippen LogP contribution is 2.26. The Balaban J connectivity index is 1.52. The third-order valence-electron chi connectivity index (χ3n) is 4.71. The molecular formula is C21H32N2O3. The summed E-state index contributed by atoms with van der Waals surface area (Å²) in [6.07, 6.45) is 0.608. The molecule has 0 aromatic heterocycles. The van der Waals surface area contributed by atoms with Gasteiger partial charge in [-0.15, -0.1) is 0 Å². The molecule has 2 heterocycles. The highest BCUT2D eigenvalue weighted by Gasteiger charge is 2.34. The fourth-order valence-electron chi connectivity index (χ4n) is 3.37. The van der Waals surface area contributed by atoms with Crippen LogP contribution in [0, 0.1) is 5.92 Å². The molecule has 5 heteroatoms. The molecule has 1 fully saturated rings. The van der Waals surface area contributed by atoms with Gasteiger partial charge in [-0.25, -0.2) is 4.79 Å². The van der Waals surface area contributed by atoms with E-state index in [2.05, 4.69) is 30.9 Å². The summed E-state index contributed by atoms with van der Waals surface area (Å²) in [7, 11) is 0. The van der Waals surface area contributed by atoms with Crippen LogP contribution in [0.1, 0.15) is 45.7 Å². The number of hydrogen-bond donors (Lipinski definition) is 0. The first-order chi connectivity index (χ1) is 12.2. The first-order valence-electron chi connectivity index (χ1n) is 9.68. The summed E-state index contributed by atoms with van der Waals surface area (Å²) in [6.45, 7) is 14.5. The van der Waals surface area contributed by atoms with E-state index >= 15 is 0 Å². The lowest BCUT2D eigenvalue weighted by molar-refractivity contribution is 0.0224. The zero-order valence-corrected chi connectivity index (χ0v) is 16.7. The summed E-state index contributed by atoms with van der Waals surface area (Å²) in [4.78, 5) is 16.5. The molecule has 2 aliphatic rings. The van der Waals surface area contributed by atoms with Crippen molar-refractivity contribution in [3.05, 3.63) is 29.3 Å². The van der Waals surface area contributed by atoms with Crippen molar-refractivity contribution < 1.29 is 14.3 Å². The maximum absolute atomic E-state index is 12.3. The number of hydrogen-bond acceptors (Lipinski definition) is 4. The van der Waals surface area contributed by atoms with Gasteiger partial charge in [0, 0.05) is 26.2 Å². The molecule has 5 nitrogen and oxygen atoms in total. The van der Waals surface area contributed by atoms with E-state index in [0.717, 1.165) is 31.9 Å². The molecule has 0 radical (unpaired) electrons. The summed E-state index contributed by atoms with van der Waals surface area (Å²) in [5.41, 5.74) is 2.00. The molecule has 2 unspecified atom stereocenters. The highest BCUT2D eigenvalue weighted by atomic mass is 16.6. The molecule has 144 valence electrons. The minimum atomic E-state index is -0.457. The minimum absolute atomic E-state index is 0.234. The Morgan fingerprint density at radius 1 is 1.27 bits per heavy atom. The van der Waals surface area contributed by atoms with Gasteiger partial charge in [-0.2, -0.15) is 0 Å². The summed E-state index contributed by atoms with van der Waals surface area (Å²) < 4.78 is 11.5. The van der Waals surface area contributed by atoms with Crippen LogP contribution in [0.4, 0.5) is 4.79 Å². The van der Waals surface area contributed by atoms with E-state index in [-0.39, 0.29) is 6.09 Å². The Morgan fingerprint density at radius 2 is 2.04 bits per heavy atom. The molecular weight excluding hydrogens is 328 g/mol. The van der Waals surface area contributed by atoms with E-state index in [1.54, 1.807) is 4.90 Å². The van der Waals surface area contributed by atoms with E-state index in [9.17, 15) is 4.79 Å². The summed E-state index contributed by atoms with van der Waals surface area (Å²) >= 11 is 0. The van der Waals surface area contributed by atoms with Crippen LogP contribution in [0.15, 0.2) is 18.2 Å². The van der Waals surface area contributed by atoms with Crippen molar-refractivity contribution >= 4 is 6.09 Å². The van der Waals surface area contributed by atoms with E-state index in [1.807, 2.05) is 26.8 Å². The SMILES string of the molecule is CC(C)CN1CC1COc1ccc2c(c1)CCN(C(=O)OC(C)(C)C)C2. The van der Waals surface area contributed by atoms with Crippen LogP contribution in [0.3, 0.4) is 0 Å². The second kappa shape index (κ2) is 7.47. The van der Waals surface area contributed by atoms with Gasteiger partial charge < -0.3 is 14.4 Å². The van der Waals surface area contributed by atoms with E-state index in [4.69, 9.17) is 9.47 Å². The van der Waals surface area contributed by atoms with E-state index in [1.165, 1.54) is 11.1 Å². The zero-order chi connectivity index (χ0) is 18.9. The van der Waals surface area contributed by atoms with Crippen LogP contribution in [0.25, 0.3) is 0 Å². The first-order valence-corrected chi connectivity index (χ1v) is 9.68. The van der Waals surface area contributed by atoms with Gasteiger partial charge in [-0.3, -0.25) is 4.90 Å².